The van der Waals surface area contributed by atoms with Crippen molar-refractivity contribution in [3.05, 3.63) is 47.5 Å². The highest BCUT2D eigenvalue weighted by atomic mass is 16.3. The van der Waals surface area contributed by atoms with Crippen LogP contribution in [0, 0.1) is 6.92 Å². The maximum absolute atomic E-state index is 11.0. The summed E-state index contributed by atoms with van der Waals surface area (Å²) in [7, 11) is 0. The fourth-order valence-electron chi connectivity index (χ4n) is 2.45. The van der Waals surface area contributed by atoms with E-state index < -0.39 is 5.78 Å². The molecule has 0 saturated carbocycles. The molecule has 0 saturated heterocycles. The summed E-state index contributed by atoms with van der Waals surface area (Å²) in [5.74, 6) is -0.505. The second kappa shape index (κ2) is 6.59. The predicted molar refractivity (Wildman–Crippen MR) is 88.0 cm³/mol. The number of aldehydes is 1. The van der Waals surface area contributed by atoms with Gasteiger partial charge in [0.15, 0.2) is 6.29 Å². The summed E-state index contributed by atoms with van der Waals surface area (Å²) in [6, 6.07) is 11.0. The van der Waals surface area contributed by atoms with Crippen molar-refractivity contribution in [1.82, 2.24) is 20.3 Å². The molecule has 0 unspecified atom stereocenters. The first-order valence-corrected chi connectivity index (χ1v) is 7.42. The van der Waals surface area contributed by atoms with E-state index in [9.17, 15) is 14.7 Å². The quantitative estimate of drug-likeness (QED) is 0.524. The minimum atomic E-state index is -0.539. The molecule has 0 aliphatic rings. The van der Waals surface area contributed by atoms with E-state index in [0.29, 0.717) is 11.3 Å². The van der Waals surface area contributed by atoms with Gasteiger partial charge in [-0.1, -0.05) is 18.2 Å². The van der Waals surface area contributed by atoms with Crippen molar-refractivity contribution in [1.29, 1.82) is 0 Å². The molecular formula is C17H16N4O3. The van der Waals surface area contributed by atoms with Gasteiger partial charge in [-0.25, -0.2) is 0 Å². The highest BCUT2D eigenvalue weighted by Gasteiger charge is 2.13. The van der Waals surface area contributed by atoms with E-state index in [1.165, 1.54) is 4.80 Å². The summed E-state index contributed by atoms with van der Waals surface area (Å²) >= 11 is 0. The third kappa shape index (κ3) is 3.16. The Kier molecular flexibility index (Phi) is 4.35. The molecule has 2 aromatic carbocycles. The number of hydrogen-bond donors (Lipinski definition) is 2. The molecule has 0 radical (unpaired) electrons. The molecule has 0 aliphatic heterocycles. The number of aryl methyl sites for hydroxylation is 1. The topological polar surface area (TPSA) is 97.1 Å². The van der Waals surface area contributed by atoms with Crippen molar-refractivity contribution >= 4 is 23.1 Å². The van der Waals surface area contributed by atoms with Crippen LogP contribution in [-0.2, 0) is 16.1 Å². The zero-order valence-electron chi connectivity index (χ0n) is 13.1. The molecule has 1 heterocycles. The highest BCUT2D eigenvalue weighted by Crippen LogP contribution is 2.27. The number of phenolic OH excluding ortho intramolecular Hbond substituents is 1. The number of aromatic nitrogens is 3. The first-order chi connectivity index (χ1) is 11.6. The van der Waals surface area contributed by atoms with Gasteiger partial charge < -0.3 is 10.4 Å². The average Bonchev–Trinajstić information content (AvgIpc) is 3.01. The molecule has 0 spiro atoms. The zero-order chi connectivity index (χ0) is 17.1. The standard InChI is InChI=1S/C17H16N4O3/c1-11-6-12(8-18-9-13(23)10-22)17(24)16(7-11)21-19-14-4-2-3-5-15(14)20-21/h2-7,10,18,24H,8-9H2,1H3. The Morgan fingerprint density at radius 2 is 1.92 bits per heavy atom. The number of Topliss-reactive ketones (excluding diaryl/α,β-unsaturated/α-hetero) is 1. The Bertz CT molecular complexity index is 884. The van der Waals surface area contributed by atoms with Gasteiger partial charge in [0.2, 0.25) is 5.78 Å². The van der Waals surface area contributed by atoms with Gasteiger partial charge in [-0.05, 0) is 30.7 Å². The number of benzene rings is 2. The van der Waals surface area contributed by atoms with Crippen LogP contribution in [0.15, 0.2) is 36.4 Å². The van der Waals surface area contributed by atoms with Gasteiger partial charge in [-0.2, -0.15) is 0 Å². The third-order valence-corrected chi connectivity index (χ3v) is 3.56. The molecule has 7 nitrogen and oxygen atoms in total. The lowest BCUT2D eigenvalue weighted by Crippen LogP contribution is -2.23. The van der Waals surface area contributed by atoms with Crippen LogP contribution in [0.5, 0.6) is 5.75 Å². The number of fused-ring (bicyclic) bond motifs is 1. The van der Waals surface area contributed by atoms with Crippen LogP contribution in [-0.4, -0.2) is 38.7 Å². The van der Waals surface area contributed by atoms with Gasteiger partial charge in [-0.3, -0.25) is 9.59 Å². The Hall–Kier alpha value is -3.06. The molecule has 0 fully saturated rings. The fraction of sp³-hybridized carbons (Fsp3) is 0.176. The normalized spacial score (nSPS) is 10.9. The Balaban J connectivity index is 1.93. The number of ketones is 1. The number of nitrogens with zero attached hydrogens (tertiary/aromatic N) is 3. The summed E-state index contributed by atoms with van der Waals surface area (Å²) < 4.78 is 0. The number of rotatable bonds is 6. The maximum atomic E-state index is 11.0. The van der Waals surface area contributed by atoms with Crippen LogP contribution in [0.25, 0.3) is 16.7 Å². The van der Waals surface area contributed by atoms with Crippen molar-refractivity contribution in [3.8, 4) is 11.4 Å². The molecule has 3 rings (SSSR count). The number of nitrogens with one attached hydrogen (secondary N) is 1. The van der Waals surface area contributed by atoms with Gasteiger partial charge in [0.05, 0.1) is 6.54 Å². The summed E-state index contributed by atoms with van der Waals surface area (Å²) in [6.07, 6.45) is 0.272. The maximum Gasteiger partial charge on any atom is 0.208 e. The van der Waals surface area contributed by atoms with Crippen LogP contribution in [0.4, 0.5) is 0 Å². The largest absolute Gasteiger partial charge is 0.505 e. The van der Waals surface area contributed by atoms with Crippen LogP contribution in [0.2, 0.25) is 0 Å². The summed E-state index contributed by atoms with van der Waals surface area (Å²) in [6.45, 7) is 2.07. The lowest BCUT2D eigenvalue weighted by molar-refractivity contribution is -0.129. The van der Waals surface area contributed by atoms with Gasteiger partial charge in [-0.15, -0.1) is 15.0 Å². The third-order valence-electron chi connectivity index (χ3n) is 3.56. The predicted octanol–water partition coefficient (Wildman–Crippen LogP) is 1.29. The second-order valence-corrected chi connectivity index (χ2v) is 5.46. The van der Waals surface area contributed by atoms with E-state index in [1.807, 2.05) is 31.2 Å². The van der Waals surface area contributed by atoms with Crippen molar-refractivity contribution in [3.63, 3.8) is 0 Å². The zero-order valence-corrected chi connectivity index (χ0v) is 13.1. The summed E-state index contributed by atoms with van der Waals surface area (Å²) in [5.41, 5.74) is 3.45. The van der Waals surface area contributed by atoms with E-state index in [4.69, 9.17) is 0 Å². The van der Waals surface area contributed by atoms with Crippen LogP contribution < -0.4 is 5.32 Å². The van der Waals surface area contributed by atoms with Gasteiger partial charge >= 0.3 is 0 Å². The second-order valence-electron chi connectivity index (χ2n) is 5.46. The van der Waals surface area contributed by atoms with Crippen molar-refractivity contribution in [2.75, 3.05) is 6.54 Å². The summed E-state index contributed by atoms with van der Waals surface area (Å²) in [4.78, 5) is 22.8. The number of carbonyl (C=O) groups is 2. The molecule has 2 N–H and O–H groups in total. The molecule has 122 valence electrons. The smallest absolute Gasteiger partial charge is 0.208 e. The van der Waals surface area contributed by atoms with Crippen molar-refractivity contribution in [2.45, 2.75) is 13.5 Å². The molecule has 0 bridgehead atoms. The van der Waals surface area contributed by atoms with Crippen LogP contribution in [0.1, 0.15) is 11.1 Å². The minimum Gasteiger partial charge on any atom is -0.505 e. The van der Waals surface area contributed by atoms with E-state index in [2.05, 4.69) is 15.5 Å². The van der Waals surface area contributed by atoms with E-state index in [-0.39, 0.29) is 25.1 Å². The molecular weight excluding hydrogens is 308 g/mol. The van der Waals surface area contributed by atoms with Crippen molar-refractivity contribution < 1.29 is 14.7 Å². The van der Waals surface area contributed by atoms with Crippen LogP contribution >= 0.6 is 0 Å². The first kappa shape index (κ1) is 15.8. The van der Waals surface area contributed by atoms with E-state index >= 15 is 0 Å². The number of phenols is 1. The minimum absolute atomic E-state index is 0.0342. The lowest BCUT2D eigenvalue weighted by atomic mass is 10.1. The average molecular weight is 324 g/mol. The number of hydrogen-bond acceptors (Lipinski definition) is 6. The van der Waals surface area contributed by atoms with Gasteiger partial charge in [0.25, 0.3) is 0 Å². The summed E-state index contributed by atoms with van der Waals surface area (Å²) in [5, 5.41) is 22.1. The van der Waals surface area contributed by atoms with E-state index in [1.54, 1.807) is 12.1 Å². The molecule has 7 heteroatoms. The van der Waals surface area contributed by atoms with E-state index in [0.717, 1.165) is 16.6 Å². The highest BCUT2D eigenvalue weighted by molar-refractivity contribution is 6.25. The fourth-order valence-corrected chi connectivity index (χ4v) is 2.45. The van der Waals surface area contributed by atoms with Crippen molar-refractivity contribution in [2.24, 2.45) is 0 Å². The number of carbonyl (C=O) groups excluding carboxylic acids is 2. The molecule has 24 heavy (non-hydrogen) atoms. The molecule has 1 aromatic heterocycles. The number of aromatic hydroxyl groups is 1. The first-order valence-electron chi connectivity index (χ1n) is 7.42. The molecule has 0 aliphatic carbocycles. The SMILES string of the molecule is Cc1cc(CNCC(=O)C=O)c(O)c(-n2nc3ccccc3n2)c1. The Morgan fingerprint density at radius 3 is 2.54 bits per heavy atom. The Labute approximate surface area is 137 Å². The molecule has 0 atom stereocenters. The van der Waals surface area contributed by atoms with Crippen LogP contribution in [0.3, 0.4) is 0 Å². The van der Waals surface area contributed by atoms with Gasteiger partial charge in [0, 0.05) is 12.1 Å². The van der Waals surface area contributed by atoms with Gasteiger partial charge in [0.1, 0.15) is 22.5 Å². The molecule has 3 aromatic rings. The Morgan fingerprint density at radius 1 is 1.25 bits per heavy atom. The lowest BCUT2D eigenvalue weighted by Gasteiger charge is -2.11. The monoisotopic (exact) mass is 324 g/mol. The molecule has 0 amide bonds.